The van der Waals surface area contributed by atoms with E-state index in [1.807, 2.05) is 0 Å². The Morgan fingerprint density at radius 1 is 1.17 bits per heavy atom. The number of amides is 1. The highest BCUT2D eigenvalue weighted by molar-refractivity contribution is 6.32. The third kappa shape index (κ3) is 4.96. The van der Waals surface area contributed by atoms with Gasteiger partial charge >= 0.3 is 5.97 Å². The second kappa shape index (κ2) is 8.31. The molecular formula is C17H15ClFNO4. The summed E-state index contributed by atoms with van der Waals surface area (Å²) >= 11 is 5.80. The number of carbonyl (C=O) groups is 2. The van der Waals surface area contributed by atoms with Crippen LogP contribution in [0.1, 0.15) is 15.9 Å². The van der Waals surface area contributed by atoms with Gasteiger partial charge in [0.25, 0.3) is 5.91 Å². The van der Waals surface area contributed by atoms with Crippen LogP contribution < -0.4 is 10.1 Å². The quantitative estimate of drug-likeness (QED) is 0.813. The number of carbonyl (C=O) groups excluding carboxylic acids is 2. The minimum atomic E-state index is -0.479. The van der Waals surface area contributed by atoms with Crippen LogP contribution in [0.3, 0.4) is 0 Å². The summed E-state index contributed by atoms with van der Waals surface area (Å²) in [4.78, 5) is 23.1. The average molecular weight is 352 g/mol. The van der Waals surface area contributed by atoms with Gasteiger partial charge in [0.1, 0.15) is 11.6 Å². The van der Waals surface area contributed by atoms with Gasteiger partial charge in [-0.05, 0) is 35.9 Å². The van der Waals surface area contributed by atoms with Gasteiger partial charge in [-0.1, -0.05) is 23.7 Å². The van der Waals surface area contributed by atoms with E-state index in [0.29, 0.717) is 5.56 Å². The van der Waals surface area contributed by atoms with Crippen molar-refractivity contribution >= 4 is 23.5 Å². The molecule has 1 amide bonds. The van der Waals surface area contributed by atoms with E-state index >= 15 is 0 Å². The molecule has 0 spiro atoms. The predicted molar refractivity (Wildman–Crippen MR) is 86.5 cm³/mol. The lowest BCUT2D eigenvalue weighted by Crippen LogP contribution is -2.28. The first-order valence-electron chi connectivity index (χ1n) is 7.01. The summed E-state index contributed by atoms with van der Waals surface area (Å²) in [5.74, 6) is -1.02. The summed E-state index contributed by atoms with van der Waals surface area (Å²) in [7, 11) is 1.31. The molecule has 0 radical (unpaired) electrons. The van der Waals surface area contributed by atoms with Gasteiger partial charge in [-0.2, -0.15) is 0 Å². The van der Waals surface area contributed by atoms with Gasteiger partial charge in [0.2, 0.25) is 0 Å². The highest BCUT2D eigenvalue weighted by Crippen LogP contribution is 2.24. The highest BCUT2D eigenvalue weighted by Gasteiger charge is 2.08. The number of nitrogens with one attached hydrogen (secondary N) is 1. The van der Waals surface area contributed by atoms with Gasteiger partial charge in [-0.25, -0.2) is 9.18 Å². The first-order valence-corrected chi connectivity index (χ1v) is 7.39. The smallest absolute Gasteiger partial charge is 0.337 e. The van der Waals surface area contributed by atoms with E-state index in [1.54, 1.807) is 24.3 Å². The molecule has 0 bridgehead atoms. The van der Waals surface area contributed by atoms with Crippen molar-refractivity contribution in [2.24, 2.45) is 0 Å². The first kappa shape index (κ1) is 17.7. The van der Waals surface area contributed by atoms with Gasteiger partial charge < -0.3 is 14.8 Å². The maximum Gasteiger partial charge on any atom is 0.337 e. The van der Waals surface area contributed by atoms with E-state index in [4.69, 9.17) is 16.3 Å². The lowest BCUT2D eigenvalue weighted by Gasteiger charge is -2.09. The van der Waals surface area contributed by atoms with Crippen LogP contribution in [0.4, 0.5) is 4.39 Å². The van der Waals surface area contributed by atoms with E-state index < -0.39 is 11.8 Å². The number of hydrogen-bond acceptors (Lipinski definition) is 4. The molecule has 0 fully saturated rings. The number of benzene rings is 2. The third-order valence-electron chi connectivity index (χ3n) is 3.12. The summed E-state index contributed by atoms with van der Waals surface area (Å²) in [6.45, 7) is 0.0341. The van der Waals surface area contributed by atoms with E-state index in [1.165, 1.54) is 19.2 Å². The zero-order chi connectivity index (χ0) is 17.5. The molecule has 24 heavy (non-hydrogen) atoms. The Hall–Kier alpha value is -2.60. The van der Waals surface area contributed by atoms with E-state index in [-0.39, 0.29) is 29.8 Å². The Morgan fingerprint density at radius 2 is 1.88 bits per heavy atom. The number of halogens is 2. The fourth-order valence-corrected chi connectivity index (χ4v) is 2.09. The lowest BCUT2D eigenvalue weighted by atomic mass is 10.1. The Labute approximate surface area is 143 Å². The zero-order valence-corrected chi connectivity index (χ0v) is 13.6. The van der Waals surface area contributed by atoms with Crippen LogP contribution in [0.25, 0.3) is 0 Å². The van der Waals surface area contributed by atoms with Crippen LogP contribution in [-0.4, -0.2) is 25.6 Å². The zero-order valence-electron chi connectivity index (χ0n) is 12.8. The van der Waals surface area contributed by atoms with Crippen molar-refractivity contribution in [1.29, 1.82) is 0 Å². The summed E-state index contributed by atoms with van der Waals surface area (Å²) in [6.07, 6.45) is 0. The van der Waals surface area contributed by atoms with Crippen LogP contribution in [0, 0.1) is 5.82 Å². The van der Waals surface area contributed by atoms with Gasteiger partial charge in [0.15, 0.2) is 6.61 Å². The molecule has 0 aliphatic rings. The number of rotatable bonds is 6. The van der Waals surface area contributed by atoms with Crippen molar-refractivity contribution in [3.8, 4) is 5.75 Å². The molecular weight excluding hydrogens is 337 g/mol. The van der Waals surface area contributed by atoms with E-state index in [0.717, 1.165) is 11.6 Å². The Morgan fingerprint density at radius 3 is 2.50 bits per heavy atom. The minimum absolute atomic E-state index is 0.0983. The van der Waals surface area contributed by atoms with E-state index in [2.05, 4.69) is 10.1 Å². The van der Waals surface area contributed by atoms with Crippen molar-refractivity contribution < 1.29 is 23.5 Å². The standard InChI is InChI=1S/C17H15ClFNO4/c1-23-17(22)12-4-2-11(3-5-12)9-20-16(21)10-24-15-7-6-13(19)8-14(15)18/h2-8H,9-10H2,1H3,(H,20,21). The van der Waals surface area contributed by atoms with Gasteiger partial charge in [0, 0.05) is 6.54 Å². The first-order chi connectivity index (χ1) is 11.5. The molecule has 7 heteroatoms. The molecule has 0 aliphatic heterocycles. The third-order valence-corrected chi connectivity index (χ3v) is 3.41. The van der Waals surface area contributed by atoms with Crippen molar-refractivity contribution in [2.45, 2.75) is 6.54 Å². The fraction of sp³-hybridized carbons (Fsp3) is 0.176. The van der Waals surface area contributed by atoms with Crippen molar-refractivity contribution in [1.82, 2.24) is 5.32 Å². The fourth-order valence-electron chi connectivity index (χ4n) is 1.86. The molecule has 5 nitrogen and oxygen atoms in total. The van der Waals surface area contributed by atoms with Crippen molar-refractivity contribution in [3.05, 3.63) is 64.4 Å². The average Bonchev–Trinajstić information content (AvgIpc) is 2.59. The van der Waals surface area contributed by atoms with Crippen LogP contribution in [0.15, 0.2) is 42.5 Å². The summed E-state index contributed by atoms with van der Waals surface area (Å²) in [6, 6.07) is 10.3. The highest BCUT2D eigenvalue weighted by atomic mass is 35.5. The minimum Gasteiger partial charge on any atom is -0.482 e. The molecule has 0 saturated carbocycles. The number of methoxy groups -OCH3 is 1. The largest absolute Gasteiger partial charge is 0.482 e. The number of ether oxygens (including phenoxy) is 2. The summed E-state index contributed by atoms with van der Waals surface area (Å²) in [5, 5.41) is 2.76. The molecule has 0 unspecified atom stereocenters. The van der Waals surface area contributed by atoms with Gasteiger partial charge in [-0.15, -0.1) is 0 Å². The van der Waals surface area contributed by atoms with Crippen LogP contribution >= 0.6 is 11.6 Å². The van der Waals surface area contributed by atoms with Crippen molar-refractivity contribution in [3.63, 3.8) is 0 Å². The predicted octanol–water partition coefficient (Wildman–Crippen LogP) is 2.96. The normalized spacial score (nSPS) is 10.1. The molecule has 0 aromatic heterocycles. The van der Waals surface area contributed by atoms with Crippen molar-refractivity contribution in [2.75, 3.05) is 13.7 Å². The maximum absolute atomic E-state index is 12.9. The molecule has 0 heterocycles. The lowest BCUT2D eigenvalue weighted by molar-refractivity contribution is -0.123. The molecule has 0 atom stereocenters. The molecule has 1 N–H and O–H groups in total. The Kier molecular flexibility index (Phi) is 6.14. The molecule has 2 aromatic rings. The second-order valence-corrected chi connectivity index (χ2v) is 5.24. The molecule has 2 rings (SSSR count). The number of hydrogen-bond donors (Lipinski definition) is 1. The maximum atomic E-state index is 12.9. The topological polar surface area (TPSA) is 64.6 Å². The molecule has 2 aromatic carbocycles. The Balaban J connectivity index is 1.81. The SMILES string of the molecule is COC(=O)c1ccc(CNC(=O)COc2ccc(F)cc2Cl)cc1. The van der Waals surface area contributed by atoms with E-state index in [9.17, 15) is 14.0 Å². The van der Waals surface area contributed by atoms with Crippen LogP contribution in [0.2, 0.25) is 5.02 Å². The van der Waals surface area contributed by atoms with Crippen LogP contribution in [-0.2, 0) is 16.1 Å². The van der Waals surface area contributed by atoms with Gasteiger partial charge in [-0.3, -0.25) is 4.79 Å². The molecule has 0 aliphatic carbocycles. The molecule has 126 valence electrons. The summed E-state index contributed by atoms with van der Waals surface area (Å²) < 4.78 is 22.7. The van der Waals surface area contributed by atoms with Gasteiger partial charge in [0.05, 0.1) is 17.7 Å². The van der Waals surface area contributed by atoms with Crippen LogP contribution in [0.5, 0.6) is 5.75 Å². The molecule has 0 saturated heterocycles. The number of esters is 1. The second-order valence-electron chi connectivity index (χ2n) is 4.83. The monoisotopic (exact) mass is 351 g/mol. The summed E-state index contributed by atoms with van der Waals surface area (Å²) in [5.41, 5.74) is 1.25. The Bertz CT molecular complexity index is 734.